The molecule has 0 bridgehead atoms. The lowest BCUT2D eigenvalue weighted by molar-refractivity contribution is 0.102. The zero-order valence-corrected chi connectivity index (χ0v) is 14.2. The third kappa shape index (κ3) is 4.01. The Balaban J connectivity index is 1.82. The van der Waals surface area contributed by atoms with E-state index in [9.17, 15) is 9.59 Å². The van der Waals surface area contributed by atoms with E-state index in [0.717, 1.165) is 16.7 Å². The molecular weight excluding hydrogens is 314 g/mol. The molecule has 3 aromatic rings. The molecule has 0 aliphatic carbocycles. The van der Waals surface area contributed by atoms with E-state index in [2.05, 4.69) is 10.4 Å². The van der Waals surface area contributed by atoms with Gasteiger partial charge in [0.2, 0.25) is 0 Å². The van der Waals surface area contributed by atoms with Crippen LogP contribution in [0, 0.1) is 13.8 Å². The lowest BCUT2D eigenvalue weighted by Crippen LogP contribution is -2.26. The molecule has 0 aliphatic rings. The summed E-state index contributed by atoms with van der Waals surface area (Å²) in [7, 11) is 0. The van der Waals surface area contributed by atoms with E-state index < -0.39 is 0 Å². The van der Waals surface area contributed by atoms with Crippen molar-refractivity contribution in [1.29, 1.82) is 0 Å². The van der Waals surface area contributed by atoms with Crippen molar-refractivity contribution in [3.05, 3.63) is 93.4 Å². The van der Waals surface area contributed by atoms with Gasteiger partial charge in [0.1, 0.15) is 5.69 Å². The van der Waals surface area contributed by atoms with Crippen LogP contribution < -0.4 is 10.9 Å². The quantitative estimate of drug-likeness (QED) is 0.798. The Kier molecular flexibility index (Phi) is 4.75. The molecule has 25 heavy (non-hydrogen) atoms. The number of carbonyl (C=O) groups excluding carboxylic acids is 1. The van der Waals surface area contributed by atoms with Crippen molar-refractivity contribution in [1.82, 2.24) is 9.78 Å². The first kappa shape index (κ1) is 16.6. The standard InChI is InChI=1S/C20H19N3O2/c1-14-8-9-17(12-15(14)2)21-20(25)18-10-11-19(24)23(22-18)13-16-6-4-3-5-7-16/h3-12H,13H2,1-2H3,(H,21,25). The van der Waals surface area contributed by atoms with Crippen LogP contribution in [0.15, 0.2) is 65.5 Å². The monoisotopic (exact) mass is 333 g/mol. The fraction of sp³-hybridized carbons (Fsp3) is 0.150. The molecule has 5 nitrogen and oxygen atoms in total. The van der Waals surface area contributed by atoms with Crippen LogP contribution in [-0.2, 0) is 6.54 Å². The topological polar surface area (TPSA) is 64.0 Å². The molecule has 1 heterocycles. The second-order valence-electron chi connectivity index (χ2n) is 5.95. The van der Waals surface area contributed by atoms with Crippen LogP contribution in [0.4, 0.5) is 5.69 Å². The van der Waals surface area contributed by atoms with Gasteiger partial charge in [-0.1, -0.05) is 36.4 Å². The molecule has 5 heteroatoms. The third-order valence-corrected chi connectivity index (χ3v) is 4.04. The fourth-order valence-electron chi connectivity index (χ4n) is 2.45. The molecular formula is C20H19N3O2. The van der Waals surface area contributed by atoms with Crippen molar-refractivity contribution < 1.29 is 4.79 Å². The summed E-state index contributed by atoms with van der Waals surface area (Å²) in [5, 5.41) is 7.02. The molecule has 2 aromatic carbocycles. The molecule has 0 spiro atoms. The van der Waals surface area contributed by atoms with Crippen LogP contribution >= 0.6 is 0 Å². The summed E-state index contributed by atoms with van der Waals surface area (Å²) in [4.78, 5) is 24.4. The van der Waals surface area contributed by atoms with Crippen LogP contribution in [-0.4, -0.2) is 15.7 Å². The predicted molar refractivity (Wildman–Crippen MR) is 97.9 cm³/mol. The van der Waals surface area contributed by atoms with Crippen molar-refractivity contribution in [2.45, 2.75) is 20.4 Å². The maximum atomic E-state index is 12.4. The number of hydrogen-bond donors (Lipinski definition) is 1. The minimum absolute atomic E-state index is 0.203. The second kappa shape index (κ2) is 7.13. The summed E-state index contributed by atoms with van der Waals surface area (Å²) in [6.45, 7) is 4.33. The molecule has 0 saturated carbocycles. The van der Waals surface area contributed by atoms with Crippen LogP contribution in [0.2, 0.25) is 0 Å². The van der Waals surface area contributed by atoms with Crippen molar-refractivity contribution in [2.75, 3.05) is 5.32 Å². The van der Waals surface area contributed by atoms with Gasteiger partial charge in [-0.15, -0.1) is 0 Å². The number of nitrogens with one attached hydrogen (secondary N) is 1. The fourth-order valence-corrected chi connectivity index (χ4v) is 2.45. The highest BCUT2D eigenvalue weighted by Gasteiger charge is 2.11. The predicted octanol–water partition coefficient (Wildman–Crippen LogP) is 3.16. The van der Waals surface area contributed by atoms with Gasteiger partial charge in [-0.25, -0.2) is 4.68 Å². The van der Waals surface area contributed by atoms with E-state index in [1.54, 1.807) is 0 Å². The van der Waals surface area contributed by atoms with Gasteiger partial charge < -0.3 is 5.32 Å². The van der Waals surface area contributed by atoms with E-state index in [1.807, 2.05) is 62.4 Å². The first-order valence-corrected chi connectivity index (χ1v) is 8.03. The summed E-state index contributed by atoms with van der Waals surface area (Å²) in [6, 6.07) is 18.1. The molecule has 3 rings (SSSR count). The highest BCUT2D eigenvalue weighted by atomic mass is 16.2. The zero-order chi connectivity index (χ0) is 17.8. The molecule has 0 atom stereocenters. The van der Waals surface area contributed by atoms with Crippen molar-refractivity contribution in [3.8, 4) is 0 Å². The van der Waals surface area contributed by atoms with Gasteiger partial charge in [-0.2, -0.15) is 5.10 Å². The van der Waals surface area contributed by atoms with E-state index >= 15 is 0 Å². The van der Waals surface area contributed by atoms with Gasteiger partial charge in [0, 0.05) is 11.8 Å². The Morgan fingerprint density at radius 1 is 1.00 bits per heavy atom. The summed E-state index contributed by atoms with van der Waals surface area (Å²) in [5.74, 6) is -0.343. The minimum atomic E-state index is -0.343. The number of amides is 1. The van der Waals surface area contributed by atoms with Gasteiger partial charge in [-0.3, -0.25) is 9.59 Å². The summed E-state index contributed by atoms with van der Waals surface area (Å²) < 4.78 is 1.30. The normalized spacial score (nSPS) is 10.5. The number of hydrogen-bond acceptors (Lipinski definition) is 3. The summed E-state index contributed by atoms with van der Waals surface area (Å²) in [6.07, 6.45) is 0. The van der Waals surface area contributed by atoms with E-state index in [1.165, 1.54) is 16.8 Å². The smallest absolute Gasteiger partial charge is 0.276 e. The first-order valence-electron chi connectivity index (χ1n) is 8.03. The van der Waals surface area contributed by atoms with Crippen LogP contribution in [0.1, 0.15) is 27.2 Å². The largest absolute Gasteiger partial charge is 0.321 e. The summed E-state index contributed by atoms with van der Waals surface area (Å²) in [5.41, 5.74) is 3.87. The van der Waals surface area contributed by atoms with Crippen molar-refractivity contribution >= 4 is 11.6 Å². The van der Waals surface area contributed by atoms with Gasteiger partial charge in [0.05, 0.1) is 6.54 Å². The number of rotatable bonds is 4. The Bertz CT molecular complexity index is 962. The Morgan fingerprint density at radius 3 is 2.48 bits per heavy atom. The minimum Gasteiger partial charge on any atom is -0.321 e. The molecule has 1 amide bonds. The molecule has 1 N–H and O–H groups in total. The number of aryl methyl sites for hydroxylation is 2. The average molecular weight is 333 g/mol. The Labute approximate surface area is 145 Å². The van der Waals surface area contributed by atoms with Crippen LogP contribution in [0.25, 0.3) is 0 Å². The van der Waals surface area contributed by atoms with E-state index in [-0.39, 0.29) is 17.2 Å². The molecule has 0 saturated heterocycles. The zero-order valence-electron chi connectivity index (χ0n) is 14.2. The van der Waals surface area contributed by atoms with Gasteiger partial charge >= 0.3 is 0 Å². The number of benzene rings is 2. The molecule has 126 valence electrons. The lowest BCUT2D eigenvalue weighted by atomic mass is 10.1. The highest BCUT2D eigenvalue weighted by Crippen LogP contribution is 2.14. The van der Waals surface area contributed by atoms with Gasteiger partial charge in [-0.05, 0) is 48.7 Å². The third-order valence-electron chi connectivity index (χ3n) is 4.04. The van der Waals surface area contributed by atoms with E-state index in [0.29, 0.717) is 12.2 Å². The molecule has 0 aliphatic heterocycles. The van der Waals surface area contributed by atoms with Crippen molar-refractivity contribution in [3.63, 3.8) is 0 Å². The molecule has 0 fully saturated rings. The molecule has 0 radical (unpaired) electrons. The van der Waals surface area contributed by atoms with Gasteiger partial charge in [0.25, 0.3) is 11.5 Å². The van der Waals surface area contributed by atoms with Crippen molar-refractivity contribution in [2.24, 2.45) is 0 Å². The average Bonchev–Trinajstić information content (AvgIpc) is 2.61. The molecule has 1 aromatic heterocycles. The Hall–Kier alpha value is -3.21. The maximum absolute atomic E-state index is 12.4. The van der Waals surface area contributed by atoms with Crippen LogP contribution in [0.5, 0.6) is 0 Å². The van der Waals surface area contributed by atoms with Gasteiger partial charge in [0.15, 0.2) is 0 Å². The first-order chi connectivity index (χ1) is 12.0. The molecule has 0 unspecified atom stereocenters. The second-order valence-corrected chi connectivity index (χ2v) is 5.95. The SMILES string of the molecule is Cc1ccc(NC(=O)c2ccc(=O)n(Cc3ccccc3)n2)cc1C. The number of aromatic nitrogens is 2. The number of anilines is 1. The lowest BCUT2D eigenvalue weighted by Gasteiger charge is -2.09. The summed E-state index contributed by atoms with van der Waals surface area (Å²) >= 11 is 0. The Morgan fingerprint density at radius 2 is 1.76 bits per heavy atom. The number of carbonyl (C=O) groups is 1. The van der Waals surface area contributed by atoms with E-state index in [4.69, 9.17) is 0 Å². The van der Waals surface area contributed by atoms with Crippen LogP contribution in [0.3, 0.4) is 0 Å². The highest BCUT2D eigenvalue weighted by molar-refractivity contribution is 6.02. The maximum Gasteiger partial charge on any atom is 0.276 e. The number of nitrogens with zero attached hydrogens (tertiary/aromatic N) is 2.